The number of Topliss-reactive ketones (excluding diaryl/α,β-unsaturated/α-hetero) is 1. The molecule has 0 bridgehead atoms. The van der Waals surface area contributed by atoms with Gasteiger partial charge < -0.3 is 10.2 Å². The van der Waals surface area contributed by atoms with Gasteiger partial charge in [0.05, 0.1) is 12.6 Å². The van der Waals surface area contributed by atoms with Gasteiger partial charge in [-0.2, -0.15) is 0 Å². The molecule has 1 N–H and O–H groups in total. The summed E-state index contributed by atoms with van der Waals surface area (Å²) in [6.45, 7) is 7.52. The molecule has 1 saturated heterocycles. The highest BCUT2D eigenvalue weighted by atomic mass is 32.1. The van der Waals surface area contributed by atoms with Crippen molar-refractivity contribution in [2.45, 2.75) is 19.9 Å². The van der Waals surface area contributed by atoms with E-state index < -0.39 is 0 Å². The molecule has 1 fully saturated rings. The number of nitrogens with zero attached hydrogens (tertiary/aromatic N) is 2. The molecule has 1 aliphatic rings. The van der Waals surface area contributed by atoms with E-state index in [9.17, 15) is 9.59 Å². The fourth-order valence-electron chi connectivity index (χ4n) is 3.17. The fraction of sp³-hybridized carbons (Fsp3) is 0.400. The molecule has 3 rings (SSSR count). The number of ketones is 1. The average Bonchev–Trinajstić information content (AvgIpc) is 3.17. The summed E-state index contributed by atoms with van der Waals surface area (Å²) in [7, 11) is 0. The molecule has 0 saturated carbocycles. The Morgan fingerprint density at radius 2 is 1.81 bits per heavy atom. The summed E-state index contributed by atoms with van der Waals surface area (Å²) >= 11 is 1.66. The van der Waals surface area contributed by atoms with Crippen LogP contribution in [0, 0.1) is 0 Å². The summed E-state index contributed by atoms with van der Waals surface area (Å²) in [5.41, 5.74) is 1.87. The lowest BCUT2D eigenvalue weighted by Gasteiger charge is -2.36. The van der Waals surface area contributed by atoms with E-state index in [4.69, 9.17) is 0 Å². The standard InChI is InChI=1S/C20H25N3O2S/c1-15(19-4-3-13-26-19)21-20(25)14-22-9-11-23(12-10-22)18-7-5-17(6-8-18)16(2)24/h3-8,13,15H,9-12,14H2,1-2H3,(H,21,25)/t15-/m0/s1. The highest BCUT2D eigenvalue weighted by Crippen LogP contribution is 2.19. The van der Waals surface area contributed by atoms with Gasteiger partial charge in [-0.15, -0.1) is 11.3 Å². The quantitative estimate of drug-likeness (QED) is 0.794. The van der Waals surface area contributed by atoms with Gasteiger partial charge in [0.2, 0.25) is 5.91 Å². The maximum Gasteiger partial charge on any atom is 0.234 e. The number of carbonyl (C=O) groups is 2. The Balaban J connectivity index is 1.46. The summed E-state index contributed by atoms with van der Waals surface area (Å²) in [6.07, 6.45) is 0. The van der Waals surface area contributed by atoms with Crippen molar-refractivity contribution < 1.29 is 9.59 Å². The van der Waals surface area contributed by atoms with Crippen LogP contribution in [0.3, 0.4) is 0 Å². The Hall–Kier alpha value is -2.18. The van der Waals surface area contributed by atoms with Crippen LogP contribution in [0.25, 0.3) is 0 Å². The van der Waals surface area contributed by atoms with Crippen molar-refractivity contribution >= 4 is 28.7 Å². The average molecular weight is 372 g/mol. The van der Waals surface area contributed by atoms with Crippen LogP contribution < -0.4 is 10.2 Å². The van der Waals surface area contributed by atoms with Crippen molar-refractivity contribution in [3.05, 3.63) is 52.2 Å². The number of carbonyl (C=O) groups excluding carboxylic acids is 2. The molecule has 1 aromatic carbocycles. The number of anilines is 1. The predicted molar refractivity (Wildman–Crippen MR) is 106 cm³/mol. The van der Waals surface area contributed by atoms with Crippen LogP contribution in [0.1, 0.15) is 35.1 Å². The topological polar surface area (TPSA) is 52.7 Å². The number of rotatable bonds is 6. The molecule has 5 nitrogen and oxygen atoms in total. The molecule has 1 aromatic heterocycles. The first kappa shape index (κ1) is 18.6. The Labute approximate surface area is 158 Å². The number of piperazine rings is 1. The Kier molecular flexibility index (Phi) is 6.06. The first-order valence-corrected chi connectivity index (χ1v) is 9.82. The number of hydrogen-bond donors (Lipinski definition) is 1. The van der Waals surface area contributed by atoms with E-state index >= 15 is 0 Å². The van der Waals surface area contributed by atoms with E-state index in [1.165, 1.54) is 4.88 Å². The minimum absolute atomic E-state index is 0.0589. The molecule has 0 spiro atoms. The molecule has 6 heteroatoms. The Morgan fingerprint density at radius 3 is 2.38 bits per heavy atom. The van der Waals surface area contributed by atoms with E-state index in [0.717, 1.165) is 37.4 Å². The third kappa shape index (κ3) is 4.71. The number of thiophene rings is 1. The van der Waals surface area contributed by atoms with Gasteiger partial charge in [0.25, 0.3) is 0 Å². The van der Waals surface area contributed by atoms with Crippen molar-refractivity contribution in [2.24, 2.45) is 0 Å². The smallest absolute Gasteiger partial charge is 0.234 e. The largest absolute Gasteiger partial charge is 0.369 e. The maximum absolute atomic E-state index is 12.3. The van der Waals surface area contributed by atoms with Crippen LogP contribution in [0.5, 0.6) is 0 Å². The van der Waals surface area contributed by atoms with E-state index in [1.807, 2.05) is 48.7 Å². The predicted octanol–water partition coefficient (Wildman–Crippen LogP) is 2.95. The van der Waals surface area contributed by atoms with Gasteiger partial charge in [-0.05, 0) is 49.6 Å². The van der Waals surface area contributed by atoms with E-state index in [1.54, 1.807) is 18.3 Å². The minimum Gasteiger partial charge on any atom is -0.369 e. The lowest BCUT2D eigenvalue weighted by molar-refractivity contribution is -0.122. The molecule has 1 atom stereocenters. The van der Waals surface area contributed by atoms with E-state index in [-0.39, 0.29) is 17.7 Å². The molecular formula is C20H25N3O2S. The second kappa shape index (κ2) is 8.47. The van der Waals surface area contributed by atoms with Crippen LogP contribution in [0.15, 0.2) is 41.8 Å². The zero-order valence-electron chi connectivity index (χ0n) is 15.3. The first-order valence-electron chi connectivity index (χ1n) is 8.94. The van der Waals surface area contributed by atoms with Crippen LogP contribution in [0.4, 0.5) is 5.69 Å². The lowest BCUT2D eigenvalue weighted by atomic mass is 10.1. The fourth-order valence-corrected chi connectivity index (χ4v) is 3.90. The SMILES string of the molecule is CC(=O)c1ccc(N2CCN(CC(=O)N[C@@H](C)c3cccs3)CC2)cc1. The molecule has 0 unspecified atom stereocenters. The zero-order chi connectivity index (χ0) is 18.5. The molecule has 26 heavy (non-hydrogen) atoms. The molecule has 2 heterocycles. The number of amides is 1. The molecular weight excluding hydrogens is 346 g/mol. The normalized spacial score (nSPS) is 16.3. The van der Waals surface area contributed by atoms with Crippen molar-refractivity contribution in [3.8, 4) is 0 Å². The van der Waals surface area contributed by atoms with Crippen LogP contribution in [-0.4, -0.2) is 49.3 Å². The lowest BCUT2D eigenvalue weighted by Crippen LogP contribution is -2.49. The monoisotopic (exact) mass is 371 g/mol. The van der Waals surface area contributed by atoms with Crippen molar-refractivity contribution in [1.82, 2.24) is 10.2 Å². The Bertz CT molecular complexity index is 735. The summed E-state index contributed by atoms with van der Waals surface area (Å²) in [5.74, 6) is 0.161. The van der Waals surface area contributed by atoms with Gasteiger partial charge >= 0.3 is 0 Å². The van der Waals surface area contributed by atoms with Gasteiger partial charge in [0.15, 0.2) is 5.78 Å². The van der Waals surface area contributed by atoms with Gasteiger partial charge in [-0.1, -0.05) is 6.07 Å². The highest BCUT2D eigenvalue weighted by molar-refractivity contribution is 7.10. The summed E-state index contributed by atoms with van der Waals surface area (Å²) in [4.78, 5) is 29.3. The third-order valence-corrected chi connectivity index (χ3v) is 5.78. The maximum atomic E-state index is 12.3. The number of nitrogens with one attached hydrogen (secondary N) is 1. The van der Waals surface area contributed by atoms with Crippen molar-refractivity contribution in [2.75, 3.05) is 37.6 Å². The second-order valence-corrected chi connectivity index (χ2v) is 7.65. The Morgan fingerprint density at radius 1 is 1.12 bits per heavy atom. The highest BCUT2D eigenvalue weighted by Gasteiger charge is 2.20. The summed E-state index contributed by atoms with van der Waals surface area (Å²) < 4.78 is 0. The molecule has 138 valence electrons. The van der Waals surface area contributed by atoms with E-state index in [0.29, 0.717) is 6.54 Å². The van der Waals surface area contributed by atoms with Crippen molar-refractivity contribution in [3.63, 3.8) is 0 Å². The molecule has 0 aliphatic carbocycles. The van der Waals surface area contributed by atoms with E-state index in [2.05, 4.69) is 15.1 Å². The molecule has 0 radical (unpaired) electrons. The number of hydrogen-bond acceptors (Lipinski definition) is 5. The van der Waals surface area contributed by atoms with Gasteiger partial charge in [0.1, 0.15) is 0 Å². The van der Waals surface area contributed by atoms with Gasteiger partial charge in [-0.25, -0.2) is 0 Å². The van der Waals surface area contributed by atoms with Crippen LogP contribution in [-0.2, 0) is 4.79 Å². The van der Waals surface area contributed by atoms with Crippen LogP contribution >= 0.6 is 11.3 Å². The molecule has 1 aliphatic heterocycles. The van der Waals surface area contributed by atoms with Crippen molar-refractivity contribution in [1.29, 1.82) is 0 Å². The number of benzene rings is 1. The molecule has 2 aromatic rings. The first-order chi connectivity index (χ1) is 12.5. The summed E-state index contributed by atoms with van der Waals surface area (Å²) in [5, 5.41) is 5.10. The zero-order valence-corrected chi connectivity index (χ0v) is 16.1. The summed E-state index contributed by atoms with van der Waals surface area (Å²) in [6, 6.07) is 11.9. The van der Waals surface area contributed by atoms with Crippen LogP contribution in [0.2, 0.25) is 0 Å². The van der Waals surface area contributed by atoms with Gasteiger partial charge in [0, 0.05) is 42.3 Å². The van der Waals surface area contributed by atoms with Gasteiger partial charge in [-0.3, -0.25) is 14.5 Å². The second-order valence-electron chi connectivity index (χ2n) is 6.67. The minimum atomic E-state index is 0.0589. The third-order valence-electron chi connectivity index (χ3n) is 4.73. The molecule has 1 amide bonds.